The highest BCUT2D eigenvalue weighted by molar-refractivity contribution is 7.91. The molecule has 0 spiro atoms. The summed E-state index contributed by atoms with van der Waals surface area (Å²) in [5.41, 5.74) is 0.913. The summed E-state index contributed by atoms with van der Waals surface area (Å²) in [6.07, 6.45) is 0. The van der Waals surface area contributed by atoms with Crippen LogP contribution in [0.3, 0.4) is 0 Å². The highest BCUT2D eigenvalue weighted by Crippen LogP contribution is 2.27. The van der Waals surface area contributed by atoms with Crippen molar-refractivity contribution in [2.75, 3.05) is 7.05 Å². The van der Waals surface area contributed by atoms with Crippen LogP contribution in [0.25, 0.3) is 0 Å². The topological polar surface area (TPSA) is 58.2 Å². The first-order valence-corrected chi connectivity index (χ1v) is 8.64. The van der Waals surface area contributed by atoms with E-state index in [1.165, 1.54) is 11.3 Å². The van der Waals surface area contributed by atoms with Gasteiger partial charge in [-0.25, -0.2) is 13.1 Å². The lowest BCUT2D eigenvalue weighted by molar-refractivity contribution is 0.318. The molecule has 0 bridgehead atoms. The van der Waals surface area contributed by atoms with Gasteiger partial charge >= 0.3 is 0 Å². The van der Waals surface area contributed by atoms with E-state index in [0.29, 0.717) is 10.8 Å². The first-order chi connectivity index (χ1) is 8.58. The summed E-state index contributed by atoms with van der Waals surface area (Å²) in [6, 6.07) is 1.63. The highest BCUT2D eigenvalue weighted by atomic mass is 32.2. The van der Waals surface area contributed by atoms with Crippen molar-refractivity contribution < 1.29 is 8.42 Å². The number of thiophene rings is 1. The fourth-order valence-electron chi connectivity index (χ4n) is 1.42. The molecule has 0 aromatic carbocycles. The molecule has 1 heterocycles. The Hall–Kier alpha value is -0.430. The molecule has 1 unspecified atom stereocenters. The summed E-state index contributed by atoms with van der Waals surface area (Å²) in [5.74, 6) is 0. The van der Waals surface area contributed by atoms with E-state index in [0.717, 1.165) is 10.4 Å². The molecule has 0 aliphatic carbocycles. The molecule has 0 saturated heterocycles. The van der Waals surface area contributed by atoms with Gasteiger partial charge in [-0.2, -0.15) is 0 Å². The van der Waals surface area contributed by atoms with E-state index in [9.17, 15) is 8.42 Å². The van der Waals surface area contributed by atoms with Gasteiger partial charge in [-0.05, 0) is 37.9 Å². The van der Waals surface area contributed by atoms with Gasteiger partial charge in [0.05, 0.1) is 0 Å². The van der Waals surface area contributed by atoms with Gasteiger partial charge in [0.25, 0.3) is 0 Å². The molecule has 6 heteroatoms. The number of rotatable bonds is 5. The third-order valence-corrected chi connectivity index (χ3v) is 6.48. The maximum Gasteiger partial charge on any atom is 0.250 e. The van der Waals surface area contributed by atoms with E-state index in [1.807, 2.05) is 41.7 Å². The zero-order valence-corrected chi connectivity index (χ0v) is 14.1. The molecule has 4 nitrogen and oxygen atoms in total. The lowest BCUT2D eigenvalue weighted by Crippen LogP contribution is -2.41. The Labute approximate surface area is 120 Å². The van der Waals surface area contributed by atoms with E-state index >= 15 is 0 Å². The molecule has 0 aliphatic rings. The van der Waals surface area contributed by atoms with Crippen molar-refractivity contribution in [1.82, 2.24) is 10.0 Å². The quantitative estimate of drug-likeness (QED) is 0.878. The van der Waals surface area contributed by atoms with E-state index in [-0.39, 0.29) is 11.5 Å². The Kier molecular flexibility index (Phi) is 5.17. The average Bonchev–Trinajstić information content (AvgIpc) is 2.60. The molecule has 1 atom stereocenters. The second kappa shape index (κ2) is 5.91. The minimum absolute atomic E-state index is 0.104. The van der Waals surface area contributed by atoms with Gasteiger partial charge in [0.2, 0.25) is 10.0 Å². The fourth-order valence-corrected chi connectivity index (χ4v) is 4.49. The molecule has 2 N–H and O–H groups in total. The smallest absolute Gasteiger partial charge is 0.250 e. The van der Waals surface area contributed by atoms with Gasteiger partial charge in [-0.1, -0.05) is 20.8 Å². The maximum atomic E-state index is 12.3. The molecular formula is C13H24N2O2S2. The van der Waals surface area contributed by atoms with Crippen LogP contribution in [-0.4, -0.2) is 21.5 Å². The van der Waals surface area contributed by atoms with Crippen LogP contribution in [0.2, 0.25) is 0 Å². The van der Waals surface area contributed by atoms with E-state index in [4.69, 9.17) is 0 Å². The van der Waals surface area contributed by atoms with Crippen LogP contribution in [0.15, 0.2) is 10.3 Å². The molecule has 0 aliphatic heterocycles. The third kappa shape index (κ3) is 4.27. The molecule has 110 valence electrons. The fraction of sp³-hybridized carbons (Fsp3) is 0.692. The van der Waals surface area contributed by atoms with Crippen molar-refractivity contribution in [3.8, 4) is 0 Å². The molecule has 1 aromatic heterocycles. The largest absolute Gasteiger partial charge is 0.315 e. The Morgan fingerprint density at radius 1 is 1.37 bits per heavy atom. The molecule has 0 saturated carbocycles. The number of hydrogen-bond acceptors (Lipinski definition) is 4. The number of sulfonamides is 1. The van der Waals surface area contributed by atoms with E-state index in [1.54, 1.807) is 6.07 Å². The number of hydrogen-bond donors (Lipinski definition) is 2. The molecular weight excluding hydrogens is 280 g/mol. The second-order valence-electron chi connectivity index (χ2n) is 5.91. The first kappa shape index (κ1) is 16.6. The molecule has 0 fully saturated rings. The molecule has 1 aromatic rings. The zero-order chi connectivity index (χ0) is 14.8. The summed E-state index contributed by atoms with van der Waals surface area (Å²) >= 11 is 1.33. The number of aryl methyl sites for hydroxylation is 1. The lowest BCUT2D eigenvalue weighted by atomic mass is 9.89. The zero-order valence-electron chi connectivity index (χ0n) is 12.5. The van der Waals surface area contributed by atoms with Crippen molar-refractivity contribution >= 4 is 21.4 Å². The summed E-state index contributed by atoms with van der Waals surface area (Å²) < 4.78 is 27.8. The summed E-state index contributed by atoms with van der Waals surface area (Å²) in [7, 11) is -1.57. The van der Waals surface area contributed by atoms with Gasteiger partial charge in [-0.3, -0.25) is 0 Å². The van der Waals surface area contributed by atoms with E-state index in [2.05, 4.69) is 10.0 Å². The van der Waals surface area contributed by atoms with Crippen molar-refractivity contribution in [3.63, 3.8) is 0 Å². The van der Waals surface area contributed by atoms with Gasteiger partial charge < -0.3 is 5.32 Å². The van der Waals surface area contributed by atoms with Gasteiger partial charge in [0.1, 0.15) is 4.21 Å². The molecule has 1 rings (SSSR count). The van der Waals surface area contributed by atoms with Gasteiger partial charge in [-0.15, -0.1) is 11.3 Å². The normalized spacial score (nSPS) is 14.6. The predicted octanol–water partition coefficient (Wildman–Crippen LogP) is 2.49. The van der Waals surface area contributed by atoms with Crippen molar-refractivity contribution in [1.29, 1.82) is 0 Å². The van der Waals surface area contributed by atoms with Crippen LogP contribution in [0.4, 0.5) is 0 Å². The average molecular weight is 304 g/mol. The highest BCUT2D eigenvalue weighted by Gasteiger charge is 2.27. The van der Waals surface area contributed by atoms with Crippen LogP contribution in [0, 0.1) is 12.3 Å². The lowest BCUT2D eigenvalue weighted by Gasteiger charge is -2.27. The summed E-state index contributed by atoms with van der Waals surface area (Å²) in [5, 5.41) is 3.05. The first-order valence-electron chi connectivity index (χ1n) is 6.34. The Morgan fingerprint density at radius 3 is 2.42 bits per heavy atom. The number of nitrogens with one attached hydrogen (secondary N) is 2. The predicted molar refractivity (Wildman–Crippen MR) is 81.1 cm³/mol. The molecule has 0 radical (unpaired) electrons. The van der Waals surface area contributed by atoms with Crippen LogP contribution in [-0.2, 0) is 16.6 Å². The third-order valence-electron chi connectivity index (χ3n) is 3.23. The Balaban J connectivity index is 2.98. The van der Waals surface area contributed by atoms with E-state index < -0.39 is 10.0 Å². The SMILES string of the molecule is CNCc1sc(S(=O)(=O)NC(C)C(C)(C)C)cc1C. The minimum Gasteiger partial charge on any atom is -0.315 e. The minimum atomic E-state index is -3.42. The van der Waals surface area contributed by atoms with Gasteiger partial charge in [0, 0.05) is 17.5 Å². The summed E-state index contributed by atoms with van der Waals surface area (Å²) in [6.45, 7) is 10.6. The molecule has 0 amide bonds. The maximum absolute atomic E-state index is 12.3. The second-order valence-corrected chi connectivity index (χ2v) is 8.99. The van der Waals surface area contributed by atoms with Crippen molar-refractivity contribution in [2.45, 2.75) is 51.4 Å². The van der Waals surface area contributed by atoms with Crippen molar-refractivity contribution in [3.05, 3.63) is 16.5 Å². The Morgan fingerprint density at radius 2 is 1.95 bits per heavy atom. The van der Waals surface area contributed by atoms with Crippen LogP contribution >= 0.6 is 11.3 Å². The standard InChI is InChI=1S/C13H24N2O2S2/c1-9-7-12(18-11(9)8-14-6)19(16,17)15-10(2)13(3,4)5/h7,10,14-15H,8H2,1-6H3. The molecule has 19 heavy (non-hydrogen) atoms. The summed E-state index contributed by atoms with van der Waals surface area (Å²) in [4.78, 5) is 1.06. The van der Waals surface area contributed by atoms with Crippen LogP contribution < -0.4 is 10.0 Å². The monoisotopic (exact) mass is 304 g/mol. The van der Waals surface area contributed by atoms with Gasteiger partial charge in [0.15, 0.2) is 0 Å². The van der Waals surface area contributed by atoms with Crippen molar-refractivity contribution in [2.24, 2.45) is 5.41 Å². The van der Waals surface area contributed by atoms with Crippen LogP contribution in [0.1, 0.15) is 38.1 Å². The Bertz CT molecular complexity index is 527. The van der Waals surface area contributed by atoms with Crippen LogP contribution in [0.5, 0.6) is 0 Å².